The van der Waals surface area contributed by atoms with Crippen LogP contribution in [0.15, 0.2) is 54.6 Å². The molecule has 0 fully saturated rings. The Hall–Kier alpha value is -3.21. The Balaban J connectivity index is 1.86. The molecular weight excluding hydrogens is 316 g/mol. The first-order valence-electron chi connectivity index (χ1n) is 7.93. The Labute approximate surface area is 145 Å². The lowest BCUT2D eigenvalue weighted by Crippen LogP contribution is -2.16. The number of hydrogen-bond donors (Lipinski definition) is 1. The average Bonchev–Trinajstić information content (AvgIpc) is 2.60. The molecule has 0 saturated carbocycles. The van der Waals surface area contributed by atoms with Crippen molar-refractivity contribution in [2.45, 2.75) is 20.5 Å². The van der Waals surface area contributed by atoms with E-state index in [9.17, 15) is 9.59 Å². The van der Waals surface area contributed by atoms with Crippen LogP contribution in [0.1, 0.15) is 28.5 Å². The minimum absolute atomic E-state index is 0.114. The Morgan fingerprint density at radius 1 is 1.04 bits per heavy atom. The van der Waals surface area contributed by atoms with E-state index in [1.807, 2.05) is 49.4 Å². The zero-order valence-corrected chi connectivity index (χ0v) is 14.1. The SMILES string of the molecule is CC(=O)OCc1c(C)cccc1NC(=O)c1ccc2ccccc2n1. The topological polar surface area (TPSA) is 68.3 Å². The predicted molar refractivity (Wildman–Crippen MR) is 96.3 cm³/mol. The number of para-hydroxylation sites is 1. The predicted octanol–water partition coefficient (Wildman–Crippen LogP) is 3.86. The molecule has 0 radical (unpaired) electrons. The lowest BCUT2D eigenvalue weighted by Gasteiger charge is -2.13. The molecule has 5 heteroatoms. The van der Waals surface area contributed by atoms with Gasteiger partial charge < -0.3 is 10.1 Å². The summed E-state index contributed by atoms with van der Waals surface area (Å²) in [5.74, 6) is -0.669. The van der Waals surface area contributed by atoms with Gasteiger partial charge in [-0.1, -0.05) is 36.4 Å². The fraction of sp³-hybridized carbons (Fsp3) is 0.150. The first kappa shape index (κ1) is 16.6. The lowest BCUT2D eigenvalue weighted by atomic mass is 10.1. The standard InChI is InChI=1S/C20H18N2O3/c1-13-6-5-9-18(16(13)12-25-14(2)23)22-20(24)19-11-10-15-7-3-4-8-17(15)21-19/h3-11H,12H2,1-2H3,(H,22,24). The number of nitrogens with zero attached hydrogens (tertiary/aromatic N) is 1. The minimum Gasteiger partial charge on any atom is -0.461 e. The summed E-state index contributed by atoms with van der Waals surface area (Å²) in [5.41, 5.74) is 3.41. The van der Waals surface area contributed by atoms with E-state index in [2.05, 4.69) is 10.3 Å². The van der Waals surface area contributed by atoms with Gasteiger partial charge in [-0.05, 0) is 30.7 Å². The Morgan fingerprint density at radius 3 is 2.64 bits per heavy atom. The number of ether oxygens (including phenoxy) is 1. The van der Waals surface area contributed by atoms with Crippen LogP contribution in [-0.2, 0) is 16.1 Å². The number of nitrogens with one attached hydrogen (secondary N) is 1. The molecule has 3 aromatic rings. The van der Waals surface area contributed by atoms with Crippen molar-refractivity contribution in [3.63, 3.8) is 0 Å². The Morgan fingerprint density at radius 2 is 1.84 bits per heavy atom. The summed E-state index contributed by atoms with van der Waals surface area (Å²) < 4.78 is 5.09. The number of fused-ring (bicyclic) bond motifs is 1. The summed E-state index contributed by atoms with van der Waals surface area (Å²) in [6, 6.07) is 16.7. The van der Waals surface area contributed by atoms with Crippen molar-refractivity contribution in [1.29, 1.82) is 0 Å². The number of esters is 1. The molecule has 1 N–H and O–H groups in total. The van der Waals surface area contributed by atoms with E-state index >= 15 is 0 Å². The number of carbonyl (C=O) groups excluding carboxylic acids is 2. The third-order valence-electron chi connectivity index (χ3n) is 3.91. The van der Waals surface area contributed by atoms with Gasteiger partial charge >= 0.3 is 5.97 Å². The second-order valence-electron chi connectivity index (χ2n) is 5.72. The summed E-state index contributed by atoms with van der Waals surface area (Å²) in [7, 11) is 0. The number of amides is 1. The van der Waals surface area contributed by atoms with Crippen LogP contribution in [0.25, 0.3) is 10.9 Å². The molecule has 1 aromatic heterocycles. The molecule has 0 bridgehead atoms. The van der Waals surface area contributed by atoms with Crippen molar-refractivity contribution < 1.29 is 14.3 Å². The number of benzene rings is 2. The molecule has 126 valence electrons. The molecule has 25 heavy (non-hydrogen) atoms. The molecule has 0 aliphatic heterocycles. The van der Waals surface area contributed by atoms with Gasteiger partial charge in [0.05, 0.1) is 5.52 Å². The second kappa shape index (κ2) is 7.13. The third kappa shape index (κ3) is 3.83. The van der Waals surface area contributed by atoms with Crippen molar-refractivity contribution in [3.05, 3.63) is 71.4 Å². The number of aromatic nitrogens is 1. The van der Waals surface area contributed by atoms with E-state index in [0.717, 1.165) is 22.0 Å². The van der Waals surface area contributed by atoms with Crippen molar-refractivity contribution in [1.82, 2.24) is 4.98 Å². The highest BCUT2D eigenvalue weighted by Crippen LogP contribution is 2.22. The van der Waals surface area contributed by atoms with Gasteiger partial charge in [0.2, 0.25) is 0 Å². The summed E-state index contributed by atoms with van der Waals surface area (Å²) in [6.45, 7) is 3.38. The summed E-state index contributed by atoms with van der Waals surface area (Å²) in [4.78, 5) is 28.1. The van der Waals surface area contributed by atoms with E-state index in [1.165, 1.54) is 6.92 Å². The van der Waals surface area contributed by atoms with Crippen LogP contribution in [0.4, 0.5) is 5.69 Å². The van der Waals surface area contributed by atoms with Crippen LogP contribution in [0.3, 0.4) is 0 Å². The van der Waals surface area contributed by atoms with Crippen LogP contribution in [0.2, 0.25) is 0 Å². The van der Waals surface area contributed by atoms with Crippen molar-refractivity contribution in [2.75, 3.05) is 5.32 Å². The smallest absolute Gasteiger partial charge is 0.302 e. The third-order valence-corrected chi connectivity index (χ3v) is 3.91. The van der Waals surface area contributed by atoms with Crippen molar-refractivity contribution in [2.24, 2.45) is 0 Å². The van der Waals surface area contributed by atoms with Gasteiger partial charge in [-0.3, -0.25) is 9.59 Å². The zero-order chi connectivity index (χ0) is 17.8. The zero-order valence-electron chi connectivity index (χ0n) is 14.1. The molecule has 0 saturated heterocycles. The number of carbonyl (C=O) groups is 2. The van der Waals surface area contributed by atoms with E-state index in [-0.39, 0.29) is 18.5 Å². The van der Waals surface area contributed by atoms with Gasteiger partial charge in [0.1, 0.15) is 12.3 Å². The molecule has 5 nitrogen and oxygen atoms in total. The number of anilines is 1. The molecule has 1 amide bonds. The molecule has 3 rings (SSSR count). The molecule has 2 aromatic carbocycles. The minimum atomic E-state index is -0.364. The number of hydrogen-bond acceptors (Lipinski definition) is 4. The number of rotatable bonds is 4. The highest BCUT2D eigenvalue weighted by Gasteiger charge is 2.13. The molecular formula is C20H18N2O3. The van der Waals surface area contributed by atoms with E-state index in [4.69, 9.17) is 4.74 Å². The molecule has 0 aliphatic rings. The van der Waals surface area contributed by atoms with Crippen LogP contribution >= 0.6 is 0 Å². The average molecular weight is 334 g/mol. The molecule has 1 heterocycles. The first-order valence-corrected chi connectivity index (χ1v) is 7.93. The maximum atomic E-state index is 12.6. The summed E-state index contributed by atoms with van der Waals surface area (Å²) in [5, 5.41) is 3.84. The van der Waals surface area contributed by atoms with E-state index in [1.54, 1.807) is 12.1 Å². The number of aryl methyl sites for hydroxylation is 1. The largest absolute Gasteiger partial charge is 0.461 e. The van der Waals surface area contributed by atoms with Gasteiger partial charge in [0, 0.05) is 23.6 Å². The fourth-order valence-corrected chi connectivity index (χ4v) is 2.56. The second-order valence-corrected chi connectivity index (χ2v) is 5.72. The van der Waals surface area contributed by atoms with E-state index in [0.29, 0.717) is 11.4 Å². The summed E-state index contributed by atoms with van der Waals surface area (Å²) in [6.07, 6.45) is 0. The Kier molecular flexibility index (Phi) is 4.75. The van der Waals surface area contributed by atoms with Gasteiger partial charge in [-0.15, -0.1) is 0 Å². The molecule has 0 aliphatic carbocycles. The van der Waals surface area contributed by atoms with Crippen molar-refractivity contribution in [3.8, 4) is 0 Å². The molecule has 0 unspecified atom stereocenters. The van der Waals surface area contributed by atoms with Gasteiger partial charge in [-0.2, -0.15) is 0 Å². The van der Waals surface area contributed by atoms with Crippen LogP contribution < -0.4 is 5.32 Å². The normalized spacial score (nSPS) is 10.5. The van der Waals surface area contributed by atoms with Gasteiger partial charge in [0.25, 0.3) is 5.91 Å². The molecule has 0 spiro atoms. The van der Waals surface area contributed by atoms with Crippen molar-refractivity contribution >= 4 is 28.5 Å². The van der Waals surface area contributed by atoms with Gasteiger partial charge in [-0.25, -0.2) is 4.98 Å². The van der Waals surface area contributed by atoms with Crippen LogP contribution in [-0.4, -0.2) is 16.9 Å². The maximum Gasteiger partial charge on any atom is 0.302 e. The van der Waals surface area contributed by atoms with E-state index < -0.39 is 0 Å². The fourth-order valence-electron chi connectivity index (χ4n) is 2.56. The number of pyridine rings is 1. The summed E-state index contributed by atoms with van der Waals surface area (Å²) >= 11 is 0. The first-order chi connectivity index (χ1) is 12.0. The quantitative estimate of drug-likeness (QED) is 0.736. The maximum absolute atomic E-state index is 12.6. The monoisotopic (exact) mass is 334 g/mol. The Bertz CT molecular complexity index is 951. The van der Waals surface area contributed by atoms with Crippen LogP contribution in [0, 0.1) is 6.92 Å². The van der Waals surface area contributed by atoms with Crippen LogP contribution in [0.5, 0.6) is 0 Å². The van der Waals surface area contributed by atoms with Gasteiger partial charge in [0.15, 0.2) is 0 Å². The lowest BCUT2D eigenvalue weighted by molar-refractivity contribution is -0.142. The highest BCUT2D eigenvalue weighted by atomic mass is 16.5. The molecule has 0 atom stereocenters. The highest BCUT2D eigenvalue weighted by molar-refractivity contribution is 6.04.